The van der Waals surface area contributed by atoms with Crippen LogP contribution in [0.3, 0.4) is 0 Å². The Morgan fingerprint density at radius 3 is 2.91 bits per heavy atom. The molecule has 0 aliphatic rings. The molecular weight excluding hydrogens is 208 g/mol. The second-order valence-electron chi connectivity index (χ2n) is 2.21. The van der Waals surface area contributed by atoms with E-state index in [0.29, 0.717) is 6.61 Å². The Morgan fingerprint density at radius 2 is 2.27 bits per heavy atom. The highest BCUT2D eigenvalue weighted by Gasteiger charge is 1.99. The van der Waals surface area contributed by atoms with Gasteiger partial charge in [0.05, 0.1) is 6.61 Å². The van der Waals surface area contributed by atoms with Gasteiger partial charge in [0.1, 0.15) is 5.75 Å². The summed E-state index contributed by atoms with van der Waals surface area (Å²) in [6, 6.07) is 5.26. The summed E-state index contributed by atoms with van der Waals surface area (Å²) in [6.07, 6.45) is 0. The third-order valence-electron chi connectivity index (χ3n) is 1.34. The van der Waals surface area contributed by atoms with Crippen molar-refractivity contribution in [2.75, 3.05) is 7.11 Å². The first-order chi connectivity index (χ1) is 5.24. The number of rotatable bonds is 2. The van der Waals surface area contributed by atoms with Crippen LogP contribution in [0.25, 0.3) is 0 Å². The maximum atomic E-state index is 9.27. The van der Waals surface area contributed by atoms with Crippen molar-refractivity contribution in [2.45, 2.75) is 6.61 Å². The number of methoxy groups -OCH3 is 1. The molecule has 0 amide bonds. The summed E-state index contributed by atoms with van der Waals surface area (Å²) in [7, 11) is 1.60. The van der Waals surface area contributed by atoms with E-state index in [0.717, 1.165) is 10.0 Å². The average molecular weight is 217 g/mol. The lowest BCUT2D eigenvalue weighted by Gasteiger charge is -2.02. The van der Waals surface area contributed by atoms with Gasteiger partial charge in [0.2, 0.25) is 0 Å². The normalized spacial score (nSPS) is 10.0. The van der Waals surface area contributed by atoms with Crippen LogP contribution in [0.4, 0.5) is 0 Å². The third kappa shape index (κ3) is 2.20. The van der Waals surface area contributed by atoms with Crippen molar-refractivity contribution in [2.24, 2.45) is 0 Å². The lowest BCUT2D eigenvalue weighted by Crippen LogP contribution is -1.87. The van der Waals surface area contributed by atoms with E-state index in [1.54, 1.807) is 19.2 Å². The van der Waals surface area contributed by atoms with Crippen LogP contribution in [0.1, 0.15) is 5.56 Å². The summed E-state index contributed by atoms with van der Waals surface area (Å²) in [5.41, 5.74) is 0.793. The standard InChI is InChI=1S/C8H9BrO2/c1-11-5-6-4-7(9)2-3-8(6)10/h2-4,10H,5H2,1H3. The molecule has 0 saturated heterocycles. The van der Waals surface area contributed by atoms with Gasteiger partial charge in [-0.3, -0.25) is 0 Å². The molecule has 60 valence electrons. The van der Waals surface area contributed by atoms with Gasteiger partial charge in [-0.15, -0.1) is 0 Å². The lowest BCUT2D eigenvalue weighted by atomic mass is 10.2. The Bertz CT molecular complexity index is 248. The van der Waals surface area contributed by atoms with E-state index < -0.39 is 0 Å². The topological polar surface area (TPSA) is 29.5 Å². The molecule has 0 bridgehead atoms. The minimum atomic E-state index is 0.273. The fourth-order valence-corrected chi connectivity index (χ4v) is 1.23. The van der Waals surface area contributed by atoms with Crippen molar-refractivity contribution in [3.63, 3.8) is 0 Å². The molecule has 1 aromatic carbocycles. The quantitative estimate of drug-likeness (QED) is 0.823. The van der Waals surface area contributed by atoms with Crippen LogP contribution in [0.15, 0.2) is 22.7 Å². The molecule has 0 unspecified atom stereocenters. The summed E-state index contributed by atoms with van der Waals surface area (Å²) < 4.78 is 5.83. The minimum absolute atomic E-state index is 0.273. The molecule has 0 spiro atoms. The van der Waals surface area contributed by atoms with Crippen LogP contribution in [0.2, 0.25) is 0 Å². The van der Waals surface area contributed by atoms with Crippen molar-refractivity contribution in [1.29, 1.82) is 0 Å². The maximum absolute atomic E-state index is 9.27. The Hall–Kier alpha value is -0.540. The number of halogens is 1. The van der Waals surface area contributed by atoms with Gasteiger partial charge in [-0.2, -0.15) is 0 Å². The third-order valence-corrected chi connectivity index (χ3v) is 1.83. The van der Waals surface area contributed by atoms with Crippen LogP contribution >= 0.6 is 15.9 Å². The monoisotopic (exact) mass is 216 g/mol. The van der Waals surface area contributed by atoms with Crippen LogP contribution in [0, 0.1) is 0 Å². The molecule has 1 N–H and O–H groups in total. The van der Waals surface area contributed by atoms with Gasteiger partial charge in [0, 0.05) is 17.1 Å². The molecule has 0 aromatic heterocycles. The molecule has 0 heterocycles. The van der Waals surface area contributed by atoms with Crippen molar-refractivity contribution < 1.29 is 9.84 Å². The van der Waals surface area contributed by atoms with Crippen molar-refractivity contribution in [3.8, 4) is 5.75 Å². The molecule has 3 heteroatoms. The molecular formula is C8H9BrO2. The second kappa shape index (κ2) is 3.74. The lowest BCUT2D eigenvalue weighted by molar-refractivity contribution is 0.182. The van der Waals surface area contributed by atoms with E-state index in [4.69, 9.17) is 4.74 Å². The Morgan fingerprint density at radius 1 is 1.55 bits per heavy atom. The second-order valence-corrected chi connectivity index (χ2v) is 3.12. The van der Waals surface area contributed by atoms with Crippen molar-refractivity contribution >= 4 is 15.9 Å². The zero-order valence-electron chi connectivity index (χ0n) is 6.17. The van der Waals surface area contributed by atoms with Gasteiger partial charge in [0.25, 0.3) is 0 Å². The van der Waals surface area contributed by atoms with Gasteiger partial charge < -0.3 is 9.84 Å². The summed E-state index contributed by atoms with van der Waals surface area (Å²) in [6.45, 7) is 0.436. The van der Waals surface area contributed by atoms with E-state index in [-0.39, 0.29) is 5.75 Å². The highest BCUT2D eigenvalue weighted by molar-refractivity contribution is 9.10. The first kappa shape index (κ1) is 8.56. The van der Waals surface area contributed by atoms with Crippen molar-refractivity contribution in [1.82, 2.24) is 0 Å². The number of hydrogen-bond donors (Lipinski definition) is 1. The van der Waals surface area contributed by atoms with Gasteiger partial charge >= 0.3 is 0 Å². The highest BCUT2D eigenvalue weighted by atomic mass is 79.9. The number of phenolic OH excluding ortho intramolecular Hbond substituents is 1. The number of ether oxygens (including phenoxy) is 1. The van der Waals surface area contributed by atoms with E-state index in [9.17, 15) is 5.11 Å². The molecule has 11 heavy (non-hydrogen) atoms. The van der Waals surface area contributed by atoms with E-state index in [2.05, 4.69) is 15.9 Å². The zero-order valence-corrected chi connectivity index (χ0v) is 7.76. The molecule has 0 aliphatic heterocycles. The van der Waals surface area contributed by atoms with Crippen LogP contribution in [-0.2, 0) is 11.3 Å². The summed E-state index contributed by atoms with van der Waals surface area (Å²) in [4.78, 5) is 0. The van der Waals surface area contributed by atoms with Crippen LogP contribution < -0.4 is 0 Å². The molecule has 0 atom stereocenters. The Balaban J connectivity index is 2.93. The van der Waals surface area contributed by atoms with Crippen LogP contribution in [-0.4, -0.2) is 12.2 Å². The minimum Gasteiger partial charge on any atom is -0.508 e. The number of benzene rings is 1. The summed E-state index contributed by atoms with van der Waals surface area (Å²) in [5, 5.41) is 9.27. The SMILES string of the molecule is COCc1cc(Br)ccc1O. The average Bonchev–Trinajstić information content (AvgIpc) is 1.98. The van der Waals surface area contributed by atoms with Gasteiger partial charge in [-0.25, -0.2) is 0 Å². The Labute approximate surface area is 73.9 Å². The number of aromatic hydroxyl groups is 1. The number of phenols is 1. The summed E-state index contributed by atoms with van der Waals surface area (Å²) in [5.74, 6) is 0.273. The van der Waals surface area contributed by atoms with Gasteiger partial charge in [0.15, 0.2) is 0 Å². The fraction of sp³-hybridized carbons (Fsp3) is 0.250. The summed E-state index contributed by atoms with van der Waals surface area (Å²) >= 11 is 3.30. The smallest absolute Gasteiger partial charge is 0.121 e. The van der Waals surface area contributed by atoms with E-state index in [1.165, 1.54) is 0 Å². The maximum Gasteiger partial charge on any atom is 0.121 e. The van der Waals surface area contributed by atoms with Crippen LogP contribution in [0.5, 0.6) is 5.75 Å². The molecule has 2 nitrogen and oxygen atoms in total. The first-order valence-electron chi connectivity index (χ1n) is 3.20. The molecule has 0 fully saturated rings. The molecule has 1 aromatic rings. The first-order valence-corrected chi connectivity index (χ1v) is 3.99. The predicted molar refractivity (Wildman–Crippen MR) is 46.5 cm³/mol. The fourth-order valence-electron chi connectivity index (χ4n) is 0.825. The Kier molecular flexibility index (Phi) is 2.91. The molecule has 0 aliphatic carbocycles. The molecule has 0 radical (unpaired) electrons. The zero-order chi connectivity index (χ0) is 8.27. The van der Waals surface area contributed by atoms with E-state index >= 15 is 0 Å². The van der Waals surface area contributed by atoms with Gasteiger partial charge in [-0.05, 0) is 18.2 Å². The highest BCUT2D eigenvalue weighted by Crippen LogP contribution is 2.21. The molecule has 0 saturated carbocycles. The predicted octanol–water partition coefficient (Wildman–Crippen LogP) is 2.30. The number of hydrogen-bond acceptors (Lipinski definition) is 2. The molecule has 1 rings (SSSR count). The van der Waals surface area contributed by atoms with Gasteiger partial charge in [-0.1, -0.05) is 15.9 Å². The van der Waals surface area contributed by atoms with Crippen molar-refractivity contribution in [3.05, 3.63) is 28.2 Å². The van der Waals surface area contributed by atoms with E-state index in [1.807, 2.05) is 6.07 Å². The largest absolute Gasteiger partial charge is 0.508 e.